The van der Waals surface area contributed by atoms with Gasteiger partial charge in [0.05, 0.1) is 0 Å². The van der Waals surface area contributed by atoms with Crippen LogP contribution in [0.15, 0.2) is 43.0 Å². The van der Waals surface area contributed by atoms with Gasteiger partial charge in [-0.25, -0.2) is 4.79 Å². The largest absolute Gasteiger partial charge is 0.445 e. The van der Waals surface area contributed by atoms with E-state index >= 15 is 0 Å². The smallest absolute Gasteiger partial charge is 0.411 e. The van der Waals surface area contributed by atoms with E-state index in [1.165, 1.54) is 6.08 Å². The molecule has 1 fully saturated rings. The molecule has 0 spiro atoms. The van der Waals surface area contributed by atoms with Crippen molar-refractivity contribution in [1.29, 1.82) is 0 Å². The van der Waals surface area contributed by atoms with E-state index in [1.54, 1.807) is 37.4 Å². The third-order valence-electron chi connectivity index (χ3n) is 4.59. The van der Waals surface area contributed by atoms with Gasteiger partial charge in [-0.05, 0) is 25.5 Å². The second-order valence-corrected chi connectivity index (χ2v) is 6.27. The number of ether oxygens (including phenoxy) is 1. The summed E-state index contributed by atoms with van der Waals surface area (Å²) in [6.45, 7) is 3.69. The molecule has 2 rings (SSSR count). The molecule has 0 unspecified atom stereocenters. The number of hydrogen-bond donors (Lipinski definition) is 0. The number of carbonyl (C=O) groups excluding carboxylic acids is 1. The average molecular weight is 356 g/mol. The first-order valence-electron chi connectivity index (χ1n) is 8.14. The SMILES string of the molecule is C=CCOC(=O)N(Cc1ccccc1)C1(C(F)(F)F)CCN(C)CC1. The van der Waals surface area contributed by atoms with Crippen LogP contribution in [0, 0.1) is 0 Å². The second-order valence-electron chi connectivity index (χ2n) is 6.27. The van der Waals surface area contributed by atoms with Gasteiger partial charge in [0.15, 0.2) is 0 Å². The predicted octanol–water partition coefficient (Wildman–Crippen LogP) is 3.84. The highest BCUT2D eigenvalue weighted by atomic mass is 19.4. The molecule has 1 aliphatic rings. The average Bonchev–Trinajstić information content (AvgIpc) is 2.58. The number of likely N-dealkylation sites (tertiary alicyclic amines) is 1. The first-order valence-corrected chi connectivity index (χ1v) is 8.14. The molecule has 138 valence electrons. The number of carbonyl (C=O) groups is 1. The van der Waals surface area contributed by atoms with Gasteiger partial charge < -0.3 is 9.64 Å². The van der Waals surface area contributed by atoms with Gasteiger partial charge in [0.25, 0.3) is 0 Å². The molecule has 0 aliphatic carbocycles. The van der Waals surface area contributed by atoms with Gasteiger partial charge in [0, 0.05) is 19.6 Å². The number of alkyl halides is 3. The number of hydrogen-bond acceptors (Lipinski definition) is 3. The number of rotatable bonds is 5. The summed E-state index contributed by atoms with van der Waals surface area (Å²) in [7, 11) is 1.78. The van der Waals surface area contributed by atoms with Crippen molar-refractivity contribution in [2.24, 2.45) is 0 Å². The van der Waals surface area contributed by atoms with Crippen LogP contribution in [0.1, 0.15) is 18.4 Å². The molecular formula is C18H23F3N2O2. The van der Waals surface area contributed by atoms with Crippen LogP contribution in [0.4, 0.5) is 18.0 Å². The maximum atomic E-state index is 14.1. The van der Waals surface area contributed by atoms with Gasteiger partial charge in [-0.1, -0.05) is 43.0 Å². The van der Waals surface area contributed by atoms with E-state index in [-0.39, 0.29) is 39.1 Å². The Morgan fingerprint density at radius 1 is 1.32 bits per heavy atom. The summed E-state index contributed by atoms with van der Waals surface area (Å²) in [6.07, 6.45) is -4.53. The van der Waals surface area contributed by atoms with E-state index in [2.05, 4.69) is 6.58 Å². The molecule has 1 aromatic carbocycles. The van der Waals surface area contributed by atoms with Gasteiger partial charge in [-0.15, -0.1) is 0 Å². The monoisotopic (exact) mass is 356 g/mol. The summed E-state index contributed by atoms with van der Waals surface area (Å²) in [5, 5.41) is 0. The lowest BCUT2D eigenvalue weighted by Gasteiger charge is -2.48. The normalized spacial score (nSPS) is 17.8. The first-order chi connectivity index (χ1) is 11.8. The summed E-state index contributed by atoms with van der Waals surface area (Å²) in [4.78, 5) is 15.2. The van der Waals surface area contributed by atoms with E-state index in [4.69, 9.17) is 4.74 Å². The van der Waals surface area contributed by atoms with Crippen LogP contribution in [-0.4, -0.2) is 54.4 Å². The zero-order valence-electron chi connectivity index (χ0n) is 14.3. The summed E-state index contributed by atoms with van der Waals surface area (Å²) in [5.74, 6) is 0. The van der Waals surface area contributed by atoms with Gasteiger partial charge in [-0.2, -0.15) is 13.2 Å². The zero-order chi connectivity index (χ0) is 18.5. The summed E-state index contributed by atoms with van der Waals surface area (Å²) in [6, 6.07) is 8.65. The van der Waals surface area contributed by atoms with Gasteiger partial charge in [-0.3, -0.25) is 4.90 Å². The van der Waals surface area contributed by atoms with Crippen molar-refractivity contribution < 1.29 is 22.7 Å². The molecule has 1 amide bonds. The van der Waals surface area contributed by atoms with Crippen LogP contribution in [0.5, 0.6) is 0 Å². The molecule has 0 radical (unpaired) electrons. The maximum absolute atomic E-state index is 14.1. The van der Waals surface area contributed by atoms with E-state index in [0.717, 1.165) is 4.90 Å². The highest BCUT2D eigenvalue weighted by Crippen LogP contribution is 2.44. The Hall–Kier alpha value is -2.02. The molecule has 1 heterocycles. The van der Waals surface area contributed by atoms with Crippen molar-refractivity contribution in [1.82, 2.24) is 9.80 Å². The topological polar surface area (TPSA) is 32.8 Å². The minimum atomic E-state index is -4.55. The van der Waals surface area contributed by atoms with Crippen molar-refractivity contribution in [3.8, 4) is 0 Å². The minimum absolute atomic E-state index is 0.127. The Balaban J connectivity index is 2.38. The molecular weight excluding hydrogens is 333 g/mol. The fourth-order valence-electron chi connectivity index (χ4n) is 3.06. The van der Waals surface area contributed by atoms with Crippen LogP contribution >= 0.6 is 0 Å². The fourth-order valence-corrected chi connectivity index (χ4v) is 3.06. The maximum Gasteiger partial charge on any atom is 0.411 e. The molecule has 0 aromatic heterocycles. The van der Waals surface area contributed by atoms with Crippen LogP contribution in [-0.2, 0) is 11.3 Å². The van der Waals surface area contributed by atoms with E-state index in [0.29, 0.717) is 5.56 Å². The van der Waals surface area contributed by atoms with Gasteiger partial charge in [0.2, 0.25) is 0 Å². The first kappa shape index (κ1) is 19.3. The van der Waals surface area contributed by atoms with Crippen molar-refractivity contribution in [3.63, 3.8) is 0 Å². The molecule has 1 aliphatic heterocycles. The zero-order valence-corrected chi connectivity index (χ0v) is 14.3. The Kier molecular flexibility index (Phi) is 6.11. The van der Waals surface area contributed by atoms with Gasteiger partial charge in [0.1, 0.15) is 12.1 Å². The van der Waals surface area contributed by atoms with Crippen LogP contribution in [0.3, 0.4) is 0 Å². The molecule has 4 nitrogen and oxygen atoms in total. The Labute approximate surface area is 145 Å². The molecule has 0 N–H and O–H groups in total. The molecule has 0 atom stereocenters. The summed E-state index contributed by atoms with van der Waals surface area (Å²) in [5.41, 5.74) is -1.60. The van der Waals surface area contributed by atoms with Crippen LogP contribution < -0.4 is 0 Å². The molecule has 1 aromatic rings. The Morgan fingerprint density at radius 3 is 2.44 bits per heavy atom. The van der Waals surface area contributed by atoms with E-state index in [1.807, 2.05) is 4.90 Å². The lowest BCUT2D eigenvalue weighted by Crippen LogP contribution is -2.64. The summed E-state index contributed by atoms with van der Waals surface area (Å²) < 4.78 is 47.2. The van der Waals surface area contributed by atoms with E-state index in [9.17, 15) is 18.0 Å². The molecule has 7 heteroatoms. The second kappa shape index (κ2) is 7.91. The predicted molar refractivity (Wildman–Crippen MR) is 89.0 cm³/mol. The highest BCUT2D eigenvalue weighted by molar-refractivity contribution is 5.69. The van der Waals surface area contributed by atoms with Crippen molar-refractivity contribution >= 4 is 6.09 Å². The summed E-state index contributed by atoms with van der Waals surface area (Å²) >= 11 is 0. The number of halogens is 3. The number of piperidine rings is 1. The van der Waals surface area contributed by atoms with Crippen LogP contribution in [0.25, 0.3) is 0 Å². The minimum Gasteiger partial charge on any atom is -0.445 e. The van der Waals surface area contributed by atoms with Crippen molar-refractivity contribution in [2.45, 2.75) is 31.1 Å². The molecule has 0 bridgehead atoms. The highest BCUT2D eigenvalue weighted by Gasteiger charge is 2.60. The lowest BCUT2D eigenvalue weighted by molar-refractivity contribution is -0.239. The number of benzene rings is 1. The molecule has 1 saturated heterocycles. The number of nitrogens with zero attached hydrogens (tertiary/aromatic N) is 2. The fraction of sp³-hybridized carbons (Fsp3) is 0.500. The Morgan fingerprint density at radius 2 is 1.92 bits per heavy atom. The molecule has 25 heavy (non-hydrogen) atoms. The molecule has 0 saturated carbocycles. The lowest BCUT2D eigenvalue weighted by atomic mass is 9.84. The third kappa shape index (κ3) is 4.34. The van der Waals surface area contributed by atoms with Gasteiger partial charge >= 0.3 is 12.3 Å². The van der Waals surface area contributed by atoms with Crippen molar-refractivity contribution in [2.75, 3.05) is 26.7 Å². The van der Waals surface area contributed by atoms with Crippen LogP contribution in [0.2, 0.25) is 0 Å². The third-order valence-corrected chi connectivity index (χ3v) is 4.59. The Bertz CT molecular complexity index is 582. The standard InChI is InChI=1S/C18H23F3N2O2/c1-3-13-25-16(24)23(14-15-7-5-4-6-8-15)17(18(19,20)21)9-11-22(2)12-10-17/h3-8H,1,9-14H2,2H3. The number of amides is 1. The van der Waals surface area contributed by atoms with Crippen molar-refractivity contribution in [3.05, 3.63) is 48.6 Å². The van der Waals surface area contributed by atoms with E-state index < -0.39 is 17.8 Å². The quantitative estimate of drug-likeness (QED) is 0.752.